The molecule has 0 spiro atoms. The fraction of sp³-hybridized carbons (Fsp3) is 0.167. The molecule has 1 rings (SSSR count). The molecule has 1 N–H and O–H groups in total. The Morgan fingerprint density at radius 1 is 1.36 bits per heavy atom. The van der Waals surface area contributed by atoms with Crippen LogP contribution in [-0.4, -0.2) is 4.98 Å². The summed E-state index contributed by atoms with van der Waals surface area (Å²) in [5.41, 5.74) is 0.195. The van der Waals surface area contributed by atoms with Crippen molar-refractivity contribution in [1.29, 1.82) is 0 Å². The molecule has 0 bridgehead atoms. The molecular formula is C6H4Cl3NO. The molecule has 0 aliphatic carbocycles. The van der Waals surface area contributed by atoms with Gasteiger partial charge in [-0.2, -0.15) is 0 Å². The van der Waals surface area contributed by atoms with Crippen molar-refractivity contribution in [2.75, 3.05) is 0 Å². The van der Waals surface area contributed by atoms with E-state index in [0.717, 1.165) is 0 Å². The zero-order valence-electron chi connectivity index (χ0n) is 5.27. The third kappa shape index (κ3) is 2.40. The molecule has 0 atom stereocenters. The molecule has 0 radical (unpaired) electrons. The van der Waals surface area contributed by atoms with E-state index in [2.05, 4.69) is 4.98 Å². The maximum Gasteiger partial charge on any atom is 0.249 e. The van der Waals surface area contributed by atoms with Gasteiger partial charge in [0.05, 0.1) is 0 Å². The number of H-pyrrole nitrogens is 1. The second-order valence-corrected chi connectivity index (χ2v) is 3.43. The third-order valence-electron chi connectivity index (χ3n) is 1.09. The number of nitrogens with one attached hydrogen (secondary N) is 1. The van der Waals surface area contributed by atoms with Gasteiger partial charge in [-0.05, 0) is 11.6 Å². The first-order chi connectivity index (χ1) is 5.09. The highest BCUT2D eigenvalue weighted by atomic mass is 35.5. The van der Waals surface area contributed by atoms with Crippen LogP contribution in [-0.2, 0) is 0 Å². The van der Waals surface area contributed by atoms with Gasteiger partial charge < -0.3 is 4.98 Å². The van der Waals surface area contributed by atoms with Crippen molar-refractivity contribution in [2.45, 2.75) is 4.84 Å². The first kappa shape index (κ1) is 8.91. The van der Waals surface area contributed by atoms with Gasteiger partial charge in [-0.3, -0.25) is 4.79 Å². The van der Waals surface area contributed by atoms with E-state index >= 15 is 0 Å². The van der Waals surface area contributed by atoms with Crippen LogP contribution in [0.1, 0.15) is 10.4 Å². The fourth-order valence-corrected chi connectivity index (χ4v) is 1.13. The lowest BCUT2D eigenvalue weighted by Crippen LogP contribution is -2.05. The average molecular weight is 212 g/mol. The summed E-state index contributed by atoms with van der Waals surface area (Å²) in [6.45, 7) is 0. The van der Waals surface area contributed by atoms with Gasteiger partial charge in [0.2, 0.25) is 5.56 Å². The molecule has 0 saturated carbocycles. The first-order valence-corrected chi connectivity index (χ1v) is 4.02. The minimum atomic E-state index is -0.713. The minimum absolute atomic E-state index is 0.235. The zero-order valence-corrected chi connectivity index (χ0v) is 7.54. The van der Waals surface area contributed by atoms with Crippen molar-refractivity contribution in [1.82, 2.24) is 4.98 Å². The lowest BCUT2D eigenvalue weighted by molar-refractivity contribution is 1.19. The van der Waals surface area contributed by atoms with Crippen molar-refractivity contribution in [3.05, 3.63) is 33.2 Å². The second-order valence-electron chi connectivity index (χ2n) is 1.93. The molecule has 0 amide bonds. The van der Waals surface area contributed by atoms with E-state index < -0.39 is 4.84 Å². The van der Waals surface area contributed by atoms with Gasteiger partial charge in [0.15, 0.2) is 0 Å². The maximum absolute atomic E-state index is 10.8. The largest absolute Gasteiger partial charge is 0.313 e. The summed E-state index contributed by atoms with van der Waals surface area (Å²) in [6, 6.07) is 2.81. The Kier molecular flexibility index (Phi) is 2.82. The quantitative estimate of drug-likeness (QED) is 0.563. The molecular weight excluding hydrogens is 208 g/mol. The predicted octanol–water partition coefficient (Wildman–Crippen LogP) is 2.50. The van der Waals surface area contributed by atoms with Crippen molar-refractivity contribution >= 4 is 34.8 Å². The van der Waals surface area contributed by atoms with Crippen LogP contribution in [0.4, 0.5) is 0 Å². The molecule has 0 aromatic carbocycles. The summed E-state index contributed by atoms with van der Waals surface area (Å²) in [4.78, 5) is 12.4. The van der Waals surface area contributed by atoms with Gasteiger partial charge >= 0.3 is 0 Å². The Hall–Kier alpha value is -0.180. The molecule has 0 aliphatic rings. The van der Waals surface area contributed by atoms with Gasteiger partial charge in [0.1, 0.15) is 9.99 Å². The molecule has 0 aliphatic heterocycles. The number of rotatable bonds is 1. The summed E-state index contributed by atoms with van der Waals surface area (Å²) in [6.07, 6.45) is 0. The van der Waals surface area contributed by atoms with Gasteiger partial charge in [0.25, 0.3) is 0 Å². The highest BCUT2D eigenvalue weighted by Gasteiger charge is 2.04. The molecule has 11 heavy (non-hydrogen) atoms. The number of pyridine rings is 1. The van der Waals surface area contributed by atoms with Crippen LogP contribution in [0.5, 0.6) is 0 Å². The lowest BCUT2D eigenvalue weighted by atomic mass is 10.3. The van der Waals surface area contributed by atoms with E-state index in [4.69, 9.17) is 34.8 Å². The number of hydrogen-bond donors (Lipinski definition) is 1. The van der Waals surface area contributed by atoms with Crippen LogP contribution in [0.15, 0.2) is 16.9 Å². The summed E-state index contributed by atoms with van der Waals surface area (Å²) < 4.78 is 0. The minimum Gasteiger partial charge on any atom is -0.313 e. The van der Waals surface area contributed by atoms with Crippen LogP contribution >= 0.6 is 34.8 Å². The first-order valence-electron chi connectivity index (χ1n) is 2.77. The van der Waals surface area contributed by atoms with E-state index in [9.17, 15) is 4.79 Å². The van der Waals surface area contributed by atoms with E-state index in [1.54, 1.807) is 0 Å². The molecule has 1 heterocycles. The molecule has 2 nitrogen and oxygen atoms in total. The van der Waals surface area contributed by atoms with Crippen molar-refractivity contribution < 1.29 is 0 Å². The Morgan fingerprint density at radius 3 is 2.45 bits per heavy atom. The van der Waals surface area contributed by atoms with E-state index in [0.29, 0.717) is 5.56 Å². The van der Waals surface area contributed by atoms with Crippen LogP contribution in [0.2, 0.25) is 5.15 Å². The van der Waals surface area contributed by atoms with E-state index in [1.165, 1.54) is 12.1 Å². The smallest absolute Gasteiger partial charge is 0.249 e. The van der Waals surface area contributed by atoms with Gasteiger partial charge in [-0.1, -0.05) is 11.6 Å². The van der Waals surface area contributed by atoms with Gasteiger partial charge in [-0.15, -0.1) is 23.2 Å². The highest BCUT2D eigenvalue weighted by molar-refractivity contribution is 6.44. The molecule has 0 saturated heterocycles. The average Bonchev–Trinajstić information content (AvgIpc) is 1.85. The standard InChI is InChI=1S/C6H4Cl3NO/c7-4-1-3(6(8)9)2-5(11)10-4/h1-2,6H,(H,10,11). The van der Waals surface area contributed by atoms with Crippen LogP contribution in [0.3, 0.4) is 0 Å². The predicted molar refractivity (Wildman–Crippen MR) is 46.5 cm³/mol. The SMILES string of the molecule is O=c1cc(C(Cl)Cl)cc(Cl)[nH]1. The molecule has 60 valence electrons. The van der Waals surface area contributed by atoms with Crippen LogP contribution < -0.4 is 5.56 Å². The number of alkyl halides is 2. The number of halogens is 3. The topological polar surface area (TPSA) is 32.9 Å². The Morgan fingerprint density at radius 2 is 2.00 bits per heavy atom. The van der Waals surface area contributed by atoms with E-state index in [-0.39, 0.29) is 10.7 Å². The molecule has 1 aromatic rings. The van der Waals surface area contributed by atoms with Crippen LogP contribution in [0, 0.1) is 0 Å². The summed E-state index contributed by atoms with van der Waals surface area (Å²) in [5.74, 6) is 0. The third-order valence-corrected chi connectivity index (χ3v) is 1.79. The Balaban J connectivity index is 3.19. The zero-order chi connectivity index (χ0) is 8.43. The normalized spacial score (nSPS) is 10.5. The van der Waals surface area contributed by atoms with E-state index in [1.807, 2.05) is 0 Å². The number of aromatic nitrogens is 1. The Labute approximate surface area is 78.1 Å². The number of hydrogen-bond acceptors (Lipinski definition) is 1. The lowest BCUT2D eigenvalue weighted by Gasteiger charge is -1.99. The van der Waals surface area contributed by atoms with Gasteiger partial charge in [-0.25, -0.2) is 0 Å². The summed E-state index contributed by atoms with van der Waals surface area (Å²) >= 11 is 16.5. The molecule has 5 heteroatoms. The summed E-state index contributed by atoms with van der Waals surface area (Å²) in [7, 11) is 0. The van der Waals surface area contributed by atoms with Crippen molar-refractivity contribution in [2.24, 2.45) is 0 Å². The molecule has 0 unspecified atom stereocenters. The summed E-state index contributed by atoms with van der Waals surface area (Å²) in [5, 5.41) is 0.235. The van der Waals surface area contributed by atoms with Gasteiger partial charge in [0, 0.05) is 6.07 Å². The molecule has 1 aromatic heterocycles. The Bertz CT molecular complexity index is 307. The highest BCUT2D eigenvalue weighted by Crippen LogP contribution is 2.24. The van der Waals surface area contributed by atoms with Crippen molar-refractivity contribution in [3.63, 3.8) is 0 Å². The molecule has 0 fully saturated rings. The van der Waals surface area contributed by atoms with Crippen LogP contribution in [0.25, 0.3) is 0 Å². The second kappa shape index (κ2) is 3.48. The number of aromatic amines is 1. The van der Waals surface area contributed by atoms with Crippen molar-refractivity contribution in [3.8, 4) is 0 Å². The maximum atomic E-state index is 10.8. The monoisotopic (exact) mass is 211 g/mol. The fourth-order valence-electron chi connectivity index (χ4n) is 0.655.